The standard InChI is InChI=1S/C33H49P.C13H12N.CH4O3S.Pd/c1-23(2)26-21-30(24(3)4)33(31(22-26)25(5)6)29-19-13-14-20-32(29)34(27-15-9-7-10-16-27)28-17-11-8-12-18-28;1-14-13-10-6-5-9-12(13)11-7-3-2-4-8-11;1-5(2,3)4;/h13-14,19-25,27-28H,7-12,15-18H2,1-6H3;2-7,9-10,14H,1H3;1H3,(H,2,3,4);/q;-1;;/p+1. The van der Waals surface area contributed by atoms with Crippen LogP contribution in [-0.2, 0) is 30.5 Å². The van der Waals surface area contributed by atoms with E-state index in [0.717, 1.165) is 22.6 Å². The third kappa shape index (κ3) is 13.4. The molecule has 0 unspecified atom stereocenters. The summed E-state index contributed by atoms with van der Waals surface area (Å²) >= 11 is 0. The normalized spacial score (nSPS) is 15.3. The van der Waals surface area contributed by atoms with Crippen LogP contribution in [0.5, 0.6) is 0 Å². The Balaban J connectivity index is 0.000000323. The number of rotatable bonds is 9. The second-order valence-electron chi connectivity index (χ2n) is 16.0. The van der Waals surface area contributed by atoms with Crippen molar-refractivity contribution in [1.29, 1.82) is 0 Å². The maximum absolute atomic E-state index is 9.19. The number of nitrogens with one attached hydrogen (secondary N) is 1. The zero-order valence-corrected chi connectivity index (χ0v) is 37.4. The van der Waals surface area contributed by atoms with E-state index in [2.05, 4.69) is 108 Å². The summed E-state index contributed by atoms with van der Waals surface area (Å²) in [5.74, 6) is 1.65. The fraction of sp³-hybridized carbons (Fsp3) is 0.489. The second kappa shape index (κ2) is 22.4. The van der Waals surface area contributed by atoms with Gasteiger partial charge in [0, 0.05) is 41.0 Å². The van der Waals surface area contributed by atoms with Crippen LogP contribution in [0.2, 0.25) is 0 Å². The molecule has 0 amide bonds. The summed E-state index contributed by atoms with van der Waals surface area (Å²) in [6.07, 6.45) is 15.4. The topological polar surface area (TPSA) is 66.4 Å². The number of hydrogen-bond donors (Lipinski definition) is 2. The van der Waals surface area contributed by atoms with E-state index in [0.29, 0.717) is 24.0 Å². The van der Waals surface area contributed by atoms with Gasteiger partial charge in [0.1, 0.15) is 0 Å². The maximum Gasteiger partial charge on any atom is 0.261 e. The summed E-state index contributed by atoms with van der Waals surface area (Å²) in [4.78, 5) is 0. The SMILES string of the molecule is CC(C)c1cc(C(C)C)c(-c2ccccc2[PH+](C2CCCCC2)C2CCCCC2)c(C(C)C)c1.CNc1ccccc1-c1[c-]cccc1.CS(=O)(=O)O.[Pd]. The molecule has 0 heterocycles. The smallest absolute Gasteiger partial charge is 0.261 e. The molecule has 2 aliphatic carbocycles. The van der Waals surface area contributed by atoms with Gasteiger partial charge >= 0.3 is 0 Å². The molecule has 4 aromatic rings. The van der Waals surface area contributed by atoms with Crippen molar-refractivity contribution in [2.45, 2.75) is 135 Å². The minimum Gasteiger partial charge on any atom is -0.395 e. The van der Waals surface area contributed by atoms with E-state index in [9.17, 15) is 8.42 Å². The van der Waals surface area contributed by atoms with Crippen LogP contribution in [0.3, 0.4) is 0 Å². The summed E-state index contributed by atoms with van der Waals surface area (Å²) in [6, 6.07) is 34.3. The molecule has 0 aliphatic heterocycles. The van der Waals surface area contributed by atoms with Crippen LogP contribution in [0.25, 0.3) is 22.3 Å². The molecule has 54 heavy (non-hydrogen) atoms. The molecule has 0 spiro atoms. The average molecular weight is 863 g/mol. The third-order valence-corrected chi connectivity index (χ3v) is 14.9. The van der Waals surface area contributed by atoms with Gasteiger partial charge in [-0.15, -0.1) is 35.9 Å². The first kappa shape index (κ1) is 46.1. The van der Waals surface area contributed by atoms with E-state index in [1.807, 2.05) is 37.4 Å². The summed E-state index contributed by atoms with van der Waals surface area (Å²) in [5, 5.41) is 4.96. The van der Waals surface area contributed by atoms with Crippen molar-refractivity contribution in [2.75, 3.05) is 18.6 Å². The van der Waals surface area contributed by atoms with E-state index >= 15 is 0 Å². The summed E-state index contributed by atoms with van der Waals surface area (Å²) in [7, 11) is -2.34. The number of para-hydroxylation sites is 1. The quantitative estimate of drug-likeness (QED) is 0.0761. The van der Waals surface area contributed by atoms with Gasteiger partial charge in [0.2, 0.25) is 0 Å². The van der Waals surface area contributed by atoms with Crippen LogP contribution in [0.4, 0.5) is 5.69 Å². The van der Waals surface area contributed by atoms with Crippen molar-refractivity contribution in [1.82, 2.24) is 0 Å². The zero-order chi connectivity index (χ0) is 38.5. The Morgan fingerprint density at radius 1 is 0.685 bits per heavy atom. The first-order valence-electron chi connectivity index (χ1n) is 20.1. The van der Waals surface area contributed by atoms with E-state index < -0.39 is 18.0 Å². The molecule has 6 rings (SSSR count). The zero-order valence-electron chi connectivity index (χ0n) is 34.0. The number of anilines is 1. The van der Waals surface area contributed by atoms with Gasteiger partial charge < -0.3 is 5.32 Å². The van der Waals surface area contributed by atoms with Gasteiger partial charge in [0.25, 0.3) is 10.1 Å². The minimum absolute atomic E-state index is 0. The fourth-order valence-electron chi connectivity index (χ4n) is 8.32. The van der Waals surface area contributed by atoms with Crippen molar-refractivity contribution in [2.24, 2.45) is 0 Å². The molecule has 2 saturated carbocycles. The van der Waals surface area contributed by atoms with Gasteiger partial charge in [-0.1, -0.05) is 108 Å². The van der Waals surface area contributed by atoms with Gasteiger partial charge in [0.05, 0.1) is 22.9 Å². The molecule has 2 N–H and O–H groups in total. The molecule has 4 nitrogen and oxygen atoms in total. The fourth-order valence-corrected chi connectivity index (χ4v) is 12.7. The molecule has 4 aromatic carbocycles. The predicted molar refractivity (Wildman–Crippen MR) is 234 cm³/mol. The Morgan fingerprint density at radius 2 is 1.15 bits per heavy atom. The Morgan fingerprint density at radius 3 is 1.59 bits per heavy atom. The van der Waals surface area contributed by atoms with Crippen molar-refractivity contribution < 1.29 is 33.4 Å². The van der Waals surface area contributed by atoms with Crippen LogP contribution in [0, 0.1) is 6.07 Å². The number of hydrogen-bond acceptors (Lipinski definition) is 3. The average Bonchev–Trinajstić information content (AvgIpc) is 3.15. The van der Waals surface area contributed by atoms with Gasteiger partial charge in [-0.3, -0.25) is 4.55 Å². The van der Waals surface area contributed by atoms with Crippen LogP contribution >= 0.6 is 7.92 Å². The molecule has 0 aromatic heterocycles. The van der Waals surface area contributed by atoms with E-state index in [1.54, 1.807) is 27.6 Å². The largest absolute Gasteiger partial charge is 0.395 e. The maximum atomic E-state index is 9.19. The Labute approximate surface area is 343 Å². The van der Waals surface area contributed by atoms with Crippen LogP contribution in [-0.4, -0.2) is 37.6 Å². The van der Waals surface area contributed by atoms with E-state index in [1.165, 1.54) is 75.3 Å². The first-order valence-corrected chi connectivity index (χ1v) is 23.6. The summed E-state index contributed by atoms with van der Waals surface area (Å²) in [6.45, 7) is 14.3. The molecular formula is C47H66NO3PPdS. The molecule has 0 saturated heterocycles. The van der Waals surface area contributed by atoms with Gasteiger partial charge in [-0.05, 0) is 109 Å². The summed E-state index contributed by atoms with van der Waals surface area (Å²) < 4.78 is 25.9. The summed E-state index contributed by atoms with van der Waals surface area (Å²) in [5.41, 5.74) is 13.3. The van der Waals surface area contributed by atoms with Crippen molar-refractivity contribution >= 4 is 29.0 Å². The van der Waals surface area contributed by atoms with Crippen molar-refractivity contribution in [3.8, 4) is 22.3 Å². The molecule has 0 atom stereocenters. The molecule has 0 radical (unpaired) electrons. The van der Waals surface area contributed by atoms with E-state index in [4.69, 9.17) is 4.55 Å². The molecule has 7 heteroatoms. The molecular weight excluding hydrogens is 796 g/mol. The molecule has 298 valence electrons. The van der Waals surface area contributed by atoms with Gasteiger partial charge in [0.15, 0.2) is 0 Å². The molecule has 2 fully saturated rings. The van der Waals surface area contributed by atoms with Crippen LogP contribution < -0.4 is 10.6 Å². The number of benzene rings is 4. The van der Waals surface area contributed by atoms with Gasteiger partial charge in [-0.25, -0.2) is 0 Å². The molecule has 2 aliphatic rings. The molecule has 0 bridgehead atoms. The monoisotopic (exact) mass is 861 g/mol. The third-order valence-electron chi connectivity index (χ3n) is 10.9. The van der Waals surface area contributed by atoms with Crippen LogP contribution in [0.1, 0.15) is 140 Å². The Hall–Kier alpha value is -2.32. The minimum atomic E-state index is -3.67. The van der Waals surface area contributed by atoms with E-state index in [-0.39, 0.29) is 20.4 Å². The second-order valence-corrected chi connectivity index (χ2v) is 20.6. The first-order chi connectivity index (χ1) is 25.3. The van der Waals surface area contributed by atoms with Crippen LogP contribution in [0.15, 0.2) is 84.9 Å². The predicted octanol–water partition coefficient (Wildman–Crippen LogP) is 12.9. The Bertz CT molecular complexity index is 1760. The van der Waals surface area contributed by atoms with Gasteiger partial charge in [-0.2, -0.15) is 8.42 Å². The van der Waals surface area contributed by atoms with Crippen molar-refractivity contribution in [3.05, 3.63) is 108 Å². The van der Waals surface area contributed by atoms with Crippen molar-refractivity contribution in [3.63, 3.8) is 0 Å². The Kier molecular flexibility index (Phi) is 19.1.